The Hall–Kier alpha value is -1.95. The van der Waals surface area contributed by atoms with Crippen molar-refractivity contribution in [2.24, 2.45) is 0 Å². The summed E-state index contributed by atoms with van der Waals surface area (Å²) in [6.07, 6.45) is 0. The molecule has 6 nitrogen and oxygen atoms in total. The van der Waals surface area contributed by atoms with Crippen LogP contribution in [0, 0.1) is 17.0 Å². The van der Waals surface area contributed by atoms with Crippen LogP contribution in [0.3, 0.4) is 0 Å². The average molecular weight is 251 g/mol. The predicted molar refractivity (Wildman–Crippen MR) is 69.6 cm³/mol. The minimum absolute atomic E-state index is 0.00457. The van der Waals surface area contributed by atoms with Crippen LogP contribution in [0.5, 0.6) is 0 Å². The Balaban J connectivity index is 2.96. The van der Waals surface area contributed by atoms with E-state index in [1.165, 1.54) is 6.07 Å². The molecule has 0 aliphatic rings. The summed E-state index contributed by atoms with van der Waals surface area (Å²) in [6.45, 7) is 5.11. The van der Waals surface area contributed by atoms with E-state index in [0.29, 0.717) is 11.3 Å². The summed E-state index contributed by atoms with van der Waals surface area (Å²) < 4.78 is 0. The van der Waals surface area contributed by atoms with Gasteiger partial charge in [0.05, 0.1) is 10.5 Å². The van der Waals surface area contributed by atoms with Crippen molar-refractivity contribution in [1.29, 1.82) is 0 Å². The van der Waals surface area contributed by atoms with Crippen LogP contribution in [0.1, 0.15) is 19.4 Å². The van der Waals surface area contributed by atoms with Gasteiger partial charge in [-0.05, 0) is 33.9 Å². The van der Waals surface area contributed by atoms with Gasteiger partial charge < -0.3 is 10.6 Å². The third-order valence-electron chi connectivity index (χ3n) is 2.86. The number of carbonyl (C=O) groups excluding carboxylic acids is 1. The Morgan fingerprint density at radius 1 is 1.39 bits per heavy atom. The molecular formula is C12H17N3O3. The van der Waals surface area contributed by atoms with Crippen LogP contribution < -0.4 is 10.6 Å². The first-order valence-electron chi connectivity index (χ1n) is 5.53. The van der Waals surface area contributed by atoms with Crippen LogP contribution in [-0.4, -0.2) is 23.4 Å². The lowest BCUT2D eigenvalue weighted by molar-refractivity contribution is -0.385. The maximum atomic E-state index is 11.9. The van der Waals surface area contributed by atoms with Crippen molar-refractivity contribution in [1.82, 2.24) is 5.32 Å². The summed E-state index contributed by atoms with van der Waals surface area (Å²) in [6, 6.07) is 4.62. The largest absolute Gasteiger partial charge is 0.324 e. The summed E-state index contributed by atoms with van der Waals surface area (Å²) in [5.74, 6) is -0.247. The molecule has 0 spiro atoms. The molecule has 0 bridgehead atoms. The highest BCUT2D eigenvalue weighted by Gasteiger charge is 2.25. The monoisotopic (exact) mass is 251 g/mol. The highest BCUT2D eigenvalue weighted by atomic mass is 16.6. The second kappa shape index (κ2) is 5.14. The Morgan fingerprint density at radius 2 is 2.00 bits per heavy atom. The van der Waals surface area contributed by atoms with Crippen LogP contribution in [0.2, 0.25) is 0 Å². The van der Waals surface area contributed by atoms with Gasteiger partial charge in [-0.15, -0.1) is 0 Å². The highest BCUT2D eigenvalue weighted by molar-refractivity contribution is 5.97. The van der Waals surface area contributed by atoms with E-state index >= 15 is 0 Å². The zero-order chi connectivity index (χ0) is 13.9. The molecule has 1 amide bonds. The standard InChI is InChI=1S/C12H17N3O3/c1-8-5-6-9(7-10(8)15(17)18)14-11(16)12(2,3)13-4/h5-7,13H,1-4H3,(H,14,16). The van der Waals surface area contributed by atoms with Gasteiger partial charge in [0.2, 0.25) is 5.91 Å². The topological polar surface area (TPSA) is 84.3 Å². The number of likely N-dealkylation sites (N-methyl/N-ethyl adjacent to an activating group) is 1. The van der Waals surface area contributed by atoms with Gasteiger partial charge in [-0.25, -0.2) is 0 Å². The van der Waals surface area contributed by atoms with E-state index in [-0.39, 0.29) is 11.6 Å². The van der Waals surface area contributed by atoms with E-state index in [2.05, 4.69) is 10.6 Å². The number of hydrogen-bond acceptors (Lipinski definition) is 4. The molecule has 0 fully saturated rings. The molecule has 0 aliphatic carbocycles. The molecule has 2 N–H and O–H groups in total. The average Bonchev–Trinajstić information content (AvgIpc) is 2.31. The first kappa shape index (κ1) is 14.1. The van der Waals surface area contributed by atoms with Gasteiger partial charge in [0.25, 0.3) is 5.69 Å². The van der Waals surface area contributed by atoms with E-state index in [1.807, 2.05) is 0 Å². The Morgan fingerprint density at radius 3 is 2.50 bits per heavy atom. The van der Waals surface area contributed by atoms with Crippen molar-refractivity contribution in [3.05, 3.63) is 33.9 Å². The summed E-state index contributed by atoms with van der Waals surface area (Å²) in [5.41, 5.74) is 0.237. The van der Waals surface area contributed by atoms with E-state index in [4.69, 9.17) is 0 Å². The molecule has 0 atom stereocenters. The van der Waals surface area contributed by atoms with E-state index in [1.54, 1.807) is 40.0 Å². The minimum Gasteiger partial charge on any atom is -0.324 e. The number of nitro groups is 1. The fourth-order valence-electron chi connectivity index (χ4n) is 1.28. The van der Waals surface area contributed by atoms with Crippen LogP contribution in [0.15, 0.2) is 18.2 Å². The van der Waals surface area contributed by atoms with Gasteiger partial charge in [0, 0.05) is 17.3 Å². The zero-order valence-electron chi connectivity index (χ0n) is 10.9. The molecule has 0 unspecified atom stereocenters. The number of rotatable bonds is 4. The van der Waals surface area contributed by atoms with Crippen molar-refractivity contribution in [3.8, 4) is 0 Å². The van der Waals surface area contributed by atoms with Gasteiger partial charge >= 0.3 is 0 Å². The quantitative estimate of drug-likeness (QED) is 0.631. The predicted octanol–water partition coefficient (Wildman–Crippen LogP) is 1.84. The number of nitro benzene ring substituents is 1. The molecule has 0 aromatic heterocycles. The molecule has 0 saturated carbocycles. The van der Waals surface area contributed by atoms with E-state index in [0.717, 1.165) is 0 Å². The lowest BCUT2D eigenvalue weighted by Crippen LogP contribution is -2.47. The third kappa shape index (κ3) is 3.04. The lowest BCUT2D eigenvalue weighted by Gasteiger charge is -2.22. The highest BCUT2D eigenvalue weighted by Crippen LogP contribution is 2.22. The summed E-state index contributed by atoms with van der Waals surface area (Å²) >= 11 is 0. The molecule has 1 aromatic carbocycles. The summed E-state index contributed by atoms with van der Waals surface area (Å²) in [7, 11) is 1.68. The number of anilines is 1. The van der Waals surface area contributed by atoms with Crippen LogP contribution in [0.4, 0.5) is 11.4 Å². The van der Waals surface area contributed by atoms with Crippen LogP contribution in [-0.2, 0) is 4.79 Å². The number of hydrogen-bond donors (Lipinski definition) is 2. The first-order valence-corrected chi connectivity index (χ1v) is 5.53. The Kier molecular flexibility index (Phi) is 4.03. The van der Waals surface area contributed by atoms with Crippen molar-refractivity contribution in [3.63, 3.8) is 0 Å². The number of amides is 1. The van der Waals surface area contributed by atoms with Gasteiger partial charge in [-0.2, -0.15) is 0 Å². The first-order chi connectivity index (χ1) is 8.27. The summed E-state index contributed by atoms with van der Waals surface area (Å²) in [5, 5.41) is 16.3. The van der Waals surface area contributed by atoms with Gasteiger partial charge in [0.1, 0.15) is 0 Å². The SMILES string of the molecule is CNC(C)(C)C(=O)Nc1ccc(C)c([N+](=O)[O-])c1. The van der Waals surface area contributed by atoms with Crippen LogP contribution in [0.25, 0.3) is 0 Å². The number of nitrogens with zero attached hydrogens (tertiary/aromatic N) is 1. The molecule has 0 radical (unpaired) electrons. The van der Waals surface area contributed by atoms with Gasteiger partial charge in [0.15, 0.2) is 0 Å². The minimum atomic E-state index is -0.736. The molecular weight excluding hydrogens is 234 g/mol. The van der Waals surface area contributed by atoms with Crippen molar-refractivity contribution >= 4 is 17.3 Å². The maximum Gasteiger partial charge on any atom is 0.274 e. The fourth-order valence-corrected chi connectivity index (χ4v) is 1.28. The molecule has 1 rings (SSSR count). The fraction of sp³-hybridized carbons (Fsp3) is 0.417. The number of benzene rings is 1. The van der Waals surface area contributed by atoms with Crippen LogP contribution >= 0.6 is 0 Å². The van der Waals surface area contributed by atoms with E-state index in [9.17, 15) is 14.9 Å². The molecule has 18 heavy (non-hydrogen) atoms. The third-order valence-corrected chi connectivity index (χ3v) is 2.86. The number of aryl methyl sites for hydroxylation is 1. The van der Waals surface area contributed by atoms with Crippen molar-refractivity contribution in [2.75, 3.05) is 12.4 Å². The molecule has 0 aliphatic heterocycles. The molecule has 0 heterocycles. The van der Waals surface area contributed by atoms with Crippen molar-refractivity contribution in [2.45, 2.75) is 26.3 Å². The number of nitrogens with one attached hydrogen (secondary N) is 2. The van der Waals surface area contributed by atoms with E-state index < -0.39 is 10.5 Å². The second-order valence-corrected chi connectivity index (χ2v) is 4.59. The maximum absolute atomic E-state index is 11.9. The molecule has 1 aromatic rings. The Labute approximate surface area is 106 Å². The molecule has 0 saturated heterocycles. The molecule has 6 heteroatoms. The normalized spacial score (nSPS) is 11.1. The van der Waals surface area contributed by atoms with Gasteiger partial charge in [-0.1, -0.05) is 6.07 Å². The Bertz CT molecular complexity index is 483. The number of carbonyl (C=O) groups is 1. The molecule has 98 valence electrons. The lowest BCUT2D eigenvalue weighted by atomic mass is 10.0. The smallest absolute Gasteiger partial charge is 0.274 e. The zero-order valence-corrected chi connectivity index (χ0v) is 10.9. The summed E-state index contributed by atoms with van der Waals surface area (Å²) in [4.78, 5) is 22.2. The second-order valence-electron chi connectivity index (χ2n) is 4.59. The van der Waals surface area contributed by atoms with Gasteiger partial charge in [-0.3, -0.25) is 14.9 Å². The van der Waals surface area contributed by atoms with Crippen molar-refractivity contribution < 1.29 is 9.72 Å².